The van der Waals surface area contributed by atoms with Crippen LogP contribution in [0.15, 0.2) is 36.4 Å². The van der Waals surface area contributed by atoms with Gasteiger partial charge in [0, 0.05) is 17.7 Å². The molecule has 6 heteroatoms. The maximum Gasteiger partial charge on any atom is 0.342 e. The molecular formula is C19H17NO5. The lowest BCUT2D eigenvalue weighted by Gasteiger charge is -2.17. The Morgan fingerprint density at radius 3 is 2.80 bits per heavy atom. The maximum absolute atomic E-state index is 12.3. The first kappa shape index (κ1) is 16.7. The fourth-order valence-corrected chi connectivity index (χ4v) is 2.67. The first-order chi connectivity index (χ1) is 12.0. The van der Waals surface area contributed by atoms with Crippen LogP contribution in [0.25, 0.3) is 0 Å². The zero-order valence-electron chi connectivity index (χ0n) is 13.7. The van der Waals surface area contributed by atoms with E-state index >= 15 is 0 Å². The van der Waals surface area contributed by atoms with Crippen LogP contribution in [0, 0.1) is 6.92 Å². The molecule has 6 nitrogen and oxygen atoms in total. The van der Waals surface area contributed by atoms with Gasteiger partial charge in [0.05, 0.1) is 0 Å². The van der Waals surface area contributed by atoms with E-state index in [1.54, 1.807) is 37.3 Å². The summed E-state index contributed by atoms with van der Waals surface area (Å²) in [6.45, 7) is 1.25. The van der Waals surface area contributed by atoms with Crippen LogP contribution in [0.2, 0.25) is 0 Å². The standard InChI is InChI=1S/C19H17NO5/c1-11-3-2-4-14(18(11)23)19(24)25-10-16(21)13-5-7-15-12(9-13)6-8-17(22)20-15/h2-5,7,9,23H,6,8,10H2,1H3,(H,20,22). The number of phenols is 1. The SMILES string of the molecule is Cc1cccc(C(=O)OCC(=O)c2ccc3c(c2)CCC(=O)N3)c1O. The number of ketones is 1. The maximum atomic E-state index is 12.3. The zero-order valence-corrected chi connectivity index (χ0v) is 13.7. The Morgan fingerprint density at radius 2 is 2.00 bits per heavy atom. The van der Waals surface area contributed by atoms with Gasteiger partial charge >= 0.3 is 5.97 Å². The van der Waals surface area contributed by atoms with Gasteiger partial charge in [-0.25, -0.2) is 4.79 Å². The van der Waals surface area contributed by atoms with E-state index in [4.69, 9.17) is 4.74 Å². The zero-order chi connectivity index (χ0) is 18.0. The fourth-order valence-electron chi connectivity index (χ4n) is 2.67. The number of nitrogens with one attached hydrogen (secondary N) is 1. The molecule has 25 heavy (non-hydrogen) atoms. The van der Waals surface area contributed by atoms with Crippen molar-refractivity contribution in [2.75, 3.05) is 11.9 Å². The first-order valence-corrected chi connectivity index (χ1v) is 7.87. The number of phenolic OH excluding ortho intramolecular Hbond substituents is 1. The number of hydrogen-bond acceptors (Lipinski definition) is 5. The Morgan fingerprint density at radius 1 is 1.20 bits per heavy atom. The van der Waals surface area contributed by atoms with Crippen LogP contribution in [0.3, 0.4) is 0 Å². The average Bonchev–Trinajstić information content (AvgIpc) is 2.61. The van der Waals surface area contributed by atoms with E-state index in [-0.39, 0.29) is 23.0 Å². The summed E-state index contributed by atoms with van der Waals surface area (Å²) < 4.78 is 5.02. The Labute approximate surface area is 144 Å². The van der Waals surface area contributed by atoms with Crippen molar-refractivity contribution < 1.29 is 24.2 Å². The van der Waals surface area contributed by atoms with Gasteiger partial charge in [0.1, 0.15) is 11.3 Å². The largest absolute Gasteiger partial charge is 0.507 e. The molecule has 0 bridgehead atoms. The summed E-state index contributed by atoms with van der Waals surface area (Å²) in [4.78, 5) is 35.6. The topological polar surface area (TPSA) is 92.7 Å². The smallest absolute Gasteiger partial charge is 0.342 e. The van der Waals surface area contributed by atoms with Crippen LogP contribution in [-0.4, -0.2) is 29.4 Å². The lowest BCUT2D eigenvalue weighted by atomic mass is 9.99. The molecule has 0 spiro atoms. The molecule has 1 amide bonds. The summed E-state index contributed by atoms with van der Waals surface area (Å²) in [7, 11) is 0. The highest BCUT2D eigenvalue weighted by Crippen LogP contribution is 2.24. The number of fused-ring (bicyclic) bond motifs is 1. The number of carbonyl (C=O) groups is 3. The van der Waals surface area contributed by atoms with Gasteiger partial charge in [0.2, 0.25) is 5.91 Å². The monoisotopic (exact) mass is 339 g/mol. The van der Waals surface area contributed by atoms with E-state index in [1.165, 1.54) is 6.07 Å². The Kier molecular flexibility index (Phi) is 4.52. The molecule has 0 atom stereocenters. The van der Waals surface area contributed by atoms with Crippen molar-refractivity contribution in [3.8, 4) is 5.75 Å². The minimum atomic E-state index is -0.750. The van der Waals surface area contributed by atoms with Crippen LogP contribution in [-0.2, 0) is 16.0 Å². The number of amides is 1. The summed E-state index contributed by atoms with van der Waals surface area (Å²) in [5.41, 5.74) is 2.58. The molecule has 2 aromatic rings. The van der Waals surface area contributed by atoms with Gasteiger partial charge in [0.15, 0.2) is 12.4 Å². The van der Waals surface area contributed by atoms with E-state index in [0.29, 0.717) is 29.7 Å². The van der Waals surface area contributed by atoms with E-state index in [9.17, 15) is 19.5 Å². The van der Waals surface area contributed by atoms with Gasteiger partial charge < -0.3 is 15.2 Å². The van der Waals surface area contributed by atoms with Gasteiger partial charge in [0.25, 0.3) is 0 Å². The predicted molar refractivity (Wildman–Crippen MR) is 90.8 cm³/mol. The van der Waals surface area contributed by atoms with Crippen molar-refractivity contribution in [2.24, 2.45) is 0 Å². The number of Topliss-reactive ketones (excluding diaryl/α,β-unsaturated/α-hetero) is 1. The molecule has 0 saturated carbocycles. The summed E-state index contributed by atoms with van der Waals surface area (Å²) >= 11 is 0. The minimum Gasteiger partial charge on any atom is -0.507 e. The van der Waals surface area contributed by atoms with Crippen LogP contribution in [0.4, 0.5) is 5.69 Å². The molecule has 1 aliphatic rings. The lowest BCUT2D eigenvalue weighted by Crippen LogP contribution is -2.20. The molecule has 0 aromatic heterocycles. The summed E-state index contributed by atoms with van der Waals surface area (Å²) in [5, 5.41) is 12.6. The summed E-state index contributed by atoms with van der Waals surface area (Å²) in [5.74, 6) is -1.29. The van der Waals surface area contributed by atoms with Crippen LogP contribution >= 0.6 is 0 Å². The quantitative estimate of drug-likeness (QED) is 0.660. The molecule has 0 unspecified atom stereocenters. The van der Waals surface area contributed by atoms with Gasteiger partial charge in [-0.2, -0.15) is 0 Å². The van der Waals surface area contributed by atoms with Crippen molar-refractivity contribution in [1.29, 1.82) is 0 Å². The van der Waals surface area contributed by atoms with E-state index in [2.05, 4.69) is 5.32 Å². The second kappa shape index (κ2) is 6.76. The highest BCUT2D eigenvalue weighted by atomic mass is 16.5. The average molecular weight is 339 g/mol. The van der Waals surface area contributed by atoms with E-state index in [1.807, 2.05) is 0 Å². The van der Waals surface area contributed by atoms with Crippen molar-refractivity contribution in [3.05, 3.63) is 58.7 Å². The number of aromatic hydroxyl groups is 1. The van der Waals surface area contributed by atoms with E-state index < -0.39 is 12.6 Å². The van der Waals surface area contributed by atoms with Gasteiger partial charge in [-0.15, -0.1) is 0 Å². The summed E-state index contributed by atoms with van der Waals surface area (Å²) in [6.07, 6.45) is 0.950. The predicted octanol–water partition coefficient (Wildman–Crippen LogP) is 2.63. The Bertz CT molecular complexity index is 872. The highest BCUT2D eigenvalue weighted by Gasteiger charge is 2.19. The third kappa shape index (κ3) is 3.52. The molecule has 2 N–H and O–H groups in total. The second-order valence-corrected chi connectivity index (χ2v) is 5.89. The Hall–Kier alpha value is -3.15. The molecule has 0 fully saturated rings. The number of carbonyl (C=O) groups excluding carboxylic acids is 3. The molecule has 0 saturated heterocycles. The third-order valence-electron chi connectivity index (χ3n) is 4.11. The second-order valence-electron chi connectivity index (χ2n) is 5.89. The van der Waals surface area contributed by atoms with E-state index in [0.717, 1.165) is 5.56 Å². The molecule has 3 rings (SSSR count). The number of rotatable bonds is 4. The van der Waals surface area contributed by atoms with Gasteiger partial charge in [-0.05, 0) is 48.7 Å². The van der Waals surface area contributed by atoms with Gasteiger partial charge in [-0.3, -0.25) is 9.59 Å². The third-order valence-corrected chi connectivity index (χ3v) is 4.11. The van der Waals surface area contributed by atoms with Crippen molar-refractivity contribution in [2.45, 2.75) is 19.8 Å². The summed E-state index contributed by atoms with van der Waals surface area (Å²) in [6, 6.07) is 9.71. The number of anilines is 1. The van der Waals surface area contributed by atoms with Crippen LogP contribution in [0.5, 0.6) is 5.75 Å². The number of esters is 1. The number of aryl methyl sites for hydroxylation is 2. The Balaban J connectivity index is 1.68. The molecular weight excluding hydrogens is 322 g/mol. The lowest BCUT2D eigenvalue weighted by molar-refractivity contribution is -0.116. The number of hydrogen-bond donors (Lipinski definition) is 2. The molecule has 128 valence electrons. The molecule has 0 radical (unpaired) electrons. The number of ether oxygens (including phenoxy) is 1. The van der Waals surface area contributed by atoms with Gasteiger partial charge in [-0.1, -0.05) is 12.1 Å². The molecule has 0 aliphatic carbocycles. The minimum absolute atomic E-state index is 0.0287. The molecule has 1 heterocycles. The number of para-hydroxylation sites is 1. The fraction of sp³-hybridized carbons (Fsp3) is 0.211. The molecule has 2 aromatic carbocycles. The highest BCUT2D eigenvalue weighted by molar-refractivity contribution is 6.01. The van der Waals surface area contributed by atoms with Crippen LogP contribution in [0.1, 0.15) is 38.3 Å². The van der Waals surface area contributed by atoms with Crippen molar-refractivity contribution in [1.82, 2.24) is 0 Å². The normalized spacial score (nSPS) is 12.9. The first-order valence-electron chi connectivity index (χ1n) is 7.87. The number of benzene rings is 2. The van der Waals surface area contributed by atoms with Crippen molar-refractivity contribution in [3.63, 3.8) is 0 Å². The van der Waals surface area contributed by atoms with Crippen molar-refractivity contribution >= 4 is 23.3 Å². The van der Waals surface area contributed by atoms with Crippen LogP contribution < -0.4 is 5.32 Å². The molecule has 1 aliphatic heterocycles.